The van der Waals surface area contributed by atoms with E-state index in [0.29, 0.717) is 0 Å². The zero-order chi connectivity index (χ0) is 0. The molecule has 0 saturated heterocycles. The zero-order valence-corrected chi connectivity index (χ0v) is 20.7. The molecule has 6 radical (unpaired) electrons. The molecular weight excluding hydrogens is 331 g/mol. The minimum absolute atomic E-state index is 0. The maximum atomic E-state index is 0. The van der Waals surface area contributed by atoms with Crippen LogP contribution in [0.3, 0.4) is 0 Å². The van der Waals surface area contributed by atoms with Crippen LogP contribution in [-0.4, -0.2) is 108 Å². The fourth-order valence-corrected chi connectivity index (χ4v) is 0. The van der Waals surface area contributed by atoms with Crippen molar-refractivity contribution in [2.24, 2.45) is 0 Å². The van der Waals surface area contributed by atoms with E-state index in [1.807, 2.05) is 0 Å². The van der Waals surface area contributed by atoms with Gasteiger partial charge in [-0.05, 0) is 0 Å². The molecule has 0 rings (SSSR count). The van der Waals surface area contributed by atoms with E-state index < -0.39 is 0 Å². The van der Waals surface area contributed by atoms with Crippen molar-refractivity contribution in [1.82, 2.24) is 0 Å². The second kappa shape index (κ2) is 26.1. The van der Waals surface area contributed by atoms with Crippen LogP contribution in [0.4, 0.5) is 0 Å². The van der Waals surface area contributed by atoms with Crippen LogP contribution in [0.1, 0.15) is 0 Å². The summed E-state index contributed by atoms with van der Waals surface area (Å²) in [5.41, 5.74) is 0. The molecule has 5 heteroatoms. The molecule has 0 amide bonds. The predicted molar refractivity (Wildman–Crippen MR) is 42.7 cm³/mol. The molecule has 0 aromatic heterocycles. The minimum atomic E-state index is 0. The molecule has 0 aliphatic carbocycles. The van der Waals surface area contributed by atoms with Gasteiger partial charge in [-0.25, -0.2) is 0 Å². The van der Waals surface area contributed by atoms with Gasteiger partial charge in [0.05, 0.1) is 0 Å². The summed E-state index contributed by atoms with van der Waals surface area (Å²) in [6.07, 6.45) is 0. The van der Waals surface area contributed by atoms with Gasteiger partial charge in [0.25, 0.3) is 0 Å². The van der Waals surface area contributed by atoms with Gasteiger partial charge < -0.3 is 0 Å². The van der Waals surface area contributed by atoms with Gasteiger partial charge in [0.2, 0.25) is 0 Å². The van der Waals surface area contributed by atoms with E-state index in [1.54, 1.807) is 0 Å². The van der Waals surface area contributed by atoms with Crippen molar-refractivity contribution in [1.29, 1.82) is 0 Å². The molecule has 0 heterocycles. The van der Waals surface area contributed by atoms with Gasteiger partial charge in [0.15, 0.2) is 0 Å². The molecule has 0 aliphatic rings. The standard InChI is InChI=1S/Ca.2GeH3.2GeH2/h;2*1H3;2*1H2/q+2;;;;. The Morgan fingerprint density at radius 1 is 0.600 bits per heavy atom. The Balaban J connectivity index is 0. The van der Waals surface area contributed by atoms with Gasteiger partial charge in [-0.1, -0.05) is 0 Å². The van der Waals surface area contributed by atoms with E-state index >= 15 is 0 Å². The molecular formula is H10CaGe4+2. The molecule has 0 N–H and O–H groups in total. The van der Waals surface area contributed by atoms with Crippen LogP contribution >= 0.6 is 0 Å². The van der Waals surface area contributed by atoms with E-state index in [1.165, 1.54) is 0 Å². The Labute approximate surface area is 106 Å². The van der Waals surface area contributed by atoms with E-state index in [-0.39, 0.29) is 108 Å². The molecule has 0 aliphatic heterocycles. The molecule has 5 heavy (non-hydrogen) atoms. The fraction of sp³-hybridized carbons (Fsp3) is 0. The van der Waals surface area contributed by atoms with Crippen LogP contribution in [0.5, 0.6) is 0 Å². The molecule has 0 aromatic rings. The van der Waals surface area contributed by atoms with Crippen molar-refractivity contribution in [3.63, 3.8) is 0 Å². The third-order valence-electron chi connectivity index (χ3n) is 0. The molecule has 0 fully saturated rings. The second-order valence-corrected chi connectivity index (χ2v) is 0. The summed E-state index contributed by atoms with van der Waals surface area (Å²) in [7, 11) is 0. The van der Waals surface area contributed by atoms with Gasteiger partial charge in [-0.15, -0.1) is 0 Å². The monoisotopic (exact) mass is 346 g/mol. The maximum absolute atomic E-state index is 0. The van der Waals surface area contributed by atoms with Gasteiger partial charge in [-0.2, -0.15) is 0 Å². The molecule has 0 saturated carbocycles. The summed E-state index contributed by atoms with van der Waals surface area (Å²) < 4.78 is 0. The summed E-state index contributed by atoms with van der Waals surface area (Å²) in [6, 6.07) is 0. The van der Waals surface area contributed by atoms with Crippen LogP contribution in [0.2, 0.25) is 0 Å². The summed E-state index contributed by atoms with van der Waals surface area (Å²) in [6.45, 7) is 0. The topological polar surface area (TPSA) is 0 Å². The summed E-state index contributed by atoms with van der Waals surface area (Å²) in [5, 5.41) is 0. The van der Waals surface area contributed by atoms with Crippen LogP contribution < -0.4 is 0 Å². The first-order valence-electron chi connectivity index (χ1n) is 0. The molecule has 26 valence electrons. The van der Waals surface area contributed by atoms with Gasteiger partial charge in [0, 0.05) is 0 Å². The summed E-state index contributed by atoms with van der Waals surface area (Å²) in [4.78, 5) is 0. The Bertz CT molecular complexity index is 3.61. The first-order valence-corrected chi connectivity index (χ1v) is 0. The molecule has 0 atom stereocenters. The Morgan fingerprint density at radius 2 is 0.600 bits per heavy atom. The molecule has 0 aromatic carbocycles. The molecule has 0 unspecified atom stereocenters. The first kappa shape index (κ1) is 39.5. The fourth-order valence-electron chi connectivity index (χ4n) is 0. The van der Waals surface area contributed by atoms with Crippen LogP contribution in [-0.2, 0) is 0 Å². The van der Waals surface area contributed by atoms with E-state index in [4.69, 9.17) is 0 Å². The Kier molecular flexibility index (Phi) is 206. The normalized spacial score (nSPS) is 0. The molecule has 0 nitrogen and oxygen atoms in total. The number of hydrogen-bond acceptors (Lipinski definition) is 0. The molecule has 0 spiro atoms. The quantitative estimate of drug-likeness (QED) is 0.390. The van der Waals surface area contributed by atoms with Crippen molar-refractivity contribution in [3.8, 4) is 0 Å². The zero-order valence-electron chi connectivity index (χ0n) is 4.12. The Hall–Kier alpha value is 3.43. The van der Waals surface area contributed by atoms with E-state index in [0.717, 1.165) is 0 Å². The van der Waals surface area contributed by atoms with Crippen molar-refractivity contribution in [2.75, 3.05) is 0 Å². The number of hydrogen-bond donors (Lipinski definition) is 0. The van der Waals surface area contributed by atoms with Gasteiger partial charge in [-0.3, -0.25) is 0 Å². The van der Waals surface area contributed by atoms with Crippen LogP contribution in [0.25, 0.3) is 0 Å². The summed E-state index contributed by atoms with van der Waals surface area (Å²) in [5.74, 6) is 0. The average Bonchev–Trinajstić information content (AvgIpc) is 0. The second-order valence-electron chi connectivity index (χ2n) is 0. The first-order chi connectivity index (χ1) is 0. The van der Waals surface area contributed by atoms with Crippen molar-refractivity contribution < 1.29 is 0 Å². The van der Waals surface area contributed by atoms with E-state index in [9.17, 15) is 0 Å². The van der Waals surface area contributed by atoms with E-state index in [2.05, 4.69) is 0 Å². The predicted octanol–water partition coefficient (Wildman–Crippen LogP) is -4.58. The van der Waals surface area contributed by atoms with Gasteiger partial charge in [0.1, 0.15) is 0 Å². The van der Waals surface area contributed by atoms with Crippen LogP contribution in [0.15, 0.2) is 0 Å². The number of rotatable bonds is 0. The van der Waals surface area contributed by atoms with Crippen molar-refractivity contribution in [3.05, 3.63) is 0 Å². The molecule has 0 bridgehead atoms. The summed E-state index contributed by atoms with van der Waals surface area (Å²) >= 11 is 0. The Morgan fingerprint density at radius 3 is 0.600 bits per heavy atom. The van der Waals surface area contributed by atoms with Crippen molar-refractivity contribution in [2.45, 2.75) is 0 Å². The third-order valence-corrected chi connectivity index (χ3v) is 0. The van der Waals surface area contributed by atoms with Crippen molar-refractivity contribution >= 4 is 108 Å². The SMILES string of the molecule is [Ca+2].[GeH2].[GeH2].[GeH3].[GeH3]. The third kappa shape index (κ3) is 18.6. The average molecular weight is 341 g/mol. The van der Waals surface area contributed by atoms with Crippen LogP contribution in [0, 0.1) is 0 Å². The van der Waals surface area contributed by atoms with Gasteiger partial charge >= 0.3 is 108 Å².